The highest BCUT2D eigenvalue weighted by molar-refractivity contribution is 5.79. The van der Waals surface area contributed by atoms with Crippen LogP contribution in [-0.2, 0) is 4.74 Å². The van der Waals surface area contributed by atoms with Gasteiger partial charge in [0, 0.05) is 32.7 Å². The maximum absolute atomic E-state index is 10.7. The van der Waals surface area contributed by atoms with Gasteiger partial charge in [0.1, 0.15) is 0 Å². The molecule has 6 heteroatoms. The van der Waals surface area contributed by atoms with Crippen LogP contribution in [0.3, 0.4) is 0 Å². The molecule has 0 radical (unpaired) electrons. The molecule has 1 heterocycles. The zero-order chi connectivity index (χ0) is 18.1. The zero-order valence-electron chi connectivity index (χ0n) is 16.4. The monoisotopic (exact) mass is 354 g/mol. The molecule has 0 spiro atoms. The number of nitrogens with one attached hydrogen (secondary N) is 2. The Morgan fingerprint density at radius 3 is 2.72 bits per heavy atom. The molecule has 0 amide bonds. The van der Waals surface area contributed by atoms with Gasteiger partial charge in [-0.1, -0.05) is 19.8 Å². The van der Waals surface area contributed by atoms with Crippen molar-refractivity contribution in [3.63, 3.8) is 0 Å². The number of rotatable bonds is 7. The molecule has 3 unspecified atom stereocenters. The number of morpholine rings is 1. The fraction of sp³-hybridized carbons (Fsp3) is 0.947. The maximum atomic E-state index is 10.7. The number of hydrogen-bond acceptors (Lipinski definition) is 4. The van der Waals surface area contributed by atoms with Crippen LogP contribution >= 0.6 is 0 Å². The highest BCUT2D eigenvalue weighted by Gasteiger charge is 2.25. The minimum Gasteiger partial charge on any atom is -0.387 e. The van der Waals surface area contributed by atoms with Gasteiger partial charge in [0.05, 0.1) is 25.4 Å². The molecule has 1 aliphatic heterocycles. The third-order valence-electron chi connectivity index (χ3n) is 5.19. The molecule has 0 aromatic heterocycles. The summed E-state index contributed by atoms with van der Waals surface area (Å²) in [6.07, 6.45) is 5.33. The minimum absolute atomic E-state index is 0.404. The summed E-state index contributed by atoms with van der Waals surface area (Å²) in [4.78, 5) is 6.89. The summed E-state index contributed by atoms with van der Waals surface area (Å²) >= 11 is 0. The largest absolute Gasteiger partial charge is 0.387 e. The first-order chi connectivity index (χ1) is 12.0. The van der Waals surface area contributed by atoms with E-state index in [-0.39, 0.29) is 0 Å². The molecular weight excluding hydrogens is 316 g/mol. The number of aliphatic hydroxyl groups is 1. The Bertz CT molecular complexity index is 408. The van der Waals surface area contributed by atoms with E-state index in [1.807, 2.05) is 6.92 Å². The van der Waals surface area contributed by atoms with Gasteiger partial charge in [-0.2, -0.15) is 0 Å². The lowest BCUT2D eigenvalue weighted by molar-refractivity contribution is -0.0180. The molecule has 6 nitrogen and oxygen atoms in total. The maximum Gasteiger partial charge on any atom is 0.191 e. The molecule has 2 aliphatic rings. The Morgan fingerprint density at radius 1 is 1.28 bits per heavy atom. The van der Waals surface area contributed by atoms with Gasteiger partial charge in [0.25, 0.3) is 0 Å². The molecule has 0 aromatic rings. The summed E-state index contributed by atoms with van der Waals surface area (Å²) in [5.41, 5.74) is -0.820. The van der Waals surface area contributed by atoms with Crippen LogP contribution in [0.1, 0.15) is 46.5 Å². The van der Waals surface area contributed by atoms with Gasteiger partial charge in [-0.3, -0.25) is 9.89 Å². The molecule has 1 saturated carbocycles. The Balaban J connectivity index is 1.80. The van der Waals surface area contributed by atoms with E-state index in [0.717, 1.165) is 57.2 Å². The van der Waals surface area contributed by atoms with Crippen molar-refractivity contribution in [3.8, 4) is 0 Å². The molecule has 1 saturated heterocycles. The average molecular weight is 355 g/mol. The first-order valence-electron chi connectivity index (χ1n) is 10.0. The summed E-state index contributed by atoms with van der Waals surface area (Å²) in [5, 5.41) is 17.5. The van der Waals surface area contributed by atoms with Crippen LogP contribution in [0.5, 0.6) is 0 Å². The van der Waals surface area contributed by atoms with Crippen LogP contribution in [0, 0.1) is 11.8 Å². The van der Waals surface area contributed by atoms with Gasteiger partial charge in [0.2, 0.25) is 0 Å². The predicted molar refractivity (Wildman–Crippen MR) is 103 cm³/mol. The number of aliphatic imine (C=N–C) groups is 1. The number of β-amino-alcohol motifs (C(OH)–C–C–N with tert-alkyl or cyclic N) is 1. The van der Waals surface area contributed by atoms with Crippen molar-refractivity contribution in [1.29, 1.82) is 0 Å². The molecule has 2 rings (SSSR count). The molecule has 1 aliphatic carbocycles. The van der Waals surface area contributed by atoms with E-state index >= 15 is 0 Å². The van der Waals surface area contributed by atoms with E-state index in [4.69, 9.17) is 4.74 Å². The predicted octanol–water partition coefficient (Wildman–Crippen LogP) is 1.45. The first-order valence-corrected chi connectivity index (χ1v) is 10.0. The second-order valence-electron chi connectivity index (χ2n) is 8.10. The van der Waals surface area contributed by atoms with Crippen molar-refractivity contribution in [2.24, 2.45) is 16.8 Å². The lowest BCUT2D eigenvalue weighted by Gasteiger charge is -2.33. The molecule has 0 bridgehead atoms. The van der Waals surface area contributed by atoms with Crippen LogP contribution in [-0.4, -0.2) is 74.0 Å². The fourth-order valence-corrected chi connectivity index (χ4v) is 3.87. The van der Waals surface area contributed by atoms with Crippen molar-refractivity contribution < 1.29 is 9.84 Å². The van der Waals surface area contributed by atoms with Gasteiger partial charge in [0.15, 0.2) is 5.96 Å². The molecular formula is C19H38N4O2. The molecule has 3 atom stereocenters. The topological polar surface area (TPSA) is 69.1 Å². The molecule has 3 N–H and O–H groups in total. The number of nitrogens with zero attached hydrogens (tertiary/aromatic N) is 2. The Kier molecular flexibility index (Phi) is 8.46. The van der Waals surface area contributed by atoms with Crippen molar-refractivity contribution in [2.45, 2.75) is 52.1 Å². The fourth-order valence-electron chi connectivity index (χ4n) is 3.87. The molecule has 0 aromatic carbocycles. The van der Waals surface area contributed by atoms with Gasteiger partial charge < -0.3 is 20.5 Å². The average Bonchev–Trinajstić information content (AvgIpc) is 2.58. The van der Waals surface area contributed by atoms with Crippen molar-refractivity contribution >= 4 is 5.96 Å². The van der Waals surface area contributed by atoms with Crippen LogP contribution in [0.15, 0.2) is 4.99 Å². The Hall–Kier alpha value is -0.850. The van der Waals surface area contributed by atoms with Crippen LogP contribution in [0.4, 0.5) is 0 Å². The van der Waals surface area contributed by atoms with Crippen molar-refractivity contribution in [3.05, 3.63) is 0 Å². The second-order valence-corrected chi connectivity index (χ2v) is 8.10. The van der Waals surface area contributed by atoms with Crippen LogP contribution < -0.4 is 10.6 Å². The third kappa shape index (κ3) is 7.92. The Morgan fingerprint density at radius 2 is 2.04 bits per heavy atom. The molecule has 2 fully saturated rings. The van der Waals surface area contributed by atoms with Crippen molar-refractivity contribution in [1.82, 2.24) is 15.5 Å². The highest BCUT2D eigenvalue weighted by Crippen LogP contribution is 2.27. The van der Waals surface area contributed by atoms with Crippen LogP contribution in [0.25, 0.3) is 0 Å². The van der Waals surface area contributed by atoms with Gasteiger partial charge in [-0.15, -0.1) is 0 Å². The summed E-state index contributed by atoms with van der Waals surface area (Å²) in [7, 11) is 0. The van der Waals surface area contributed by atoms with E-state index < -0.39 is 5.60 Å². The smallest absolute Gasteiger partial charge is 0.191 e. The summed E-state index contributed by atoms with van der Waals surface area (Å²) < 4.78 is 5.37. The van der Waals surface area contributed by atoms with E-state index in [1.165, 1.54) is 25.7 Å². The summed E-state index contributed by atoms with van der Waals surface area (Å²) in [6, 6.07) is 0. The summed E-state index contributed by atoms with van der Waals surface area (Å²) in [6.45, 7) is 12.4. The third-order valence-corrected chi connectivity index (χ3v) is 5.19. The van der Waals surface area contributed by atoms with Gasteiger partial charge >= 0.3 is 0 Å². The minimum atomic E-state index is -0.820. The molecule has 146 valence electrons. The first kappa shape index (κ1) is 20.5. The van der Waals surface area contributed by atoms with E-state index in [2.05, 4.69) is 34.4 Å². The molecule has 25 heavy (non-hydrogen) atoms. The number of guanidine groups is 1. The Labute approximate surface area is 153 Å². The van der Waals surface area contributed by atoms with E-state index in [1.54, 1.807) is 0 Å². The SMILES string of the molecule is CCNC(=NCC(C)(O)CN1CCOCC1)NCC1CCCC(C)C1. The normalized spacial score (nSPS) is 28.4. The quantitative estimate of drug-likeness (QED) is 0.477. The van der Waals surface area contributed by atoms with Crippen molar-refractivity contribution in [2.75, 3.05) is 52.5 Å². The number of hydrogen-bond donors (Lipinski definition) is 3. The zero-order valence-corrected chi connectivity index (χ0v) is 16.4. The second kappa shape index (κ2) is 10.3. The van der Waals surface area contributed by atoms with E-state index in [9.17, 15) is 5.11 Å². The lowest BCUT2D eigenvalue weighted by atomic mass is 9.82. The standard InChI is InChI=1S/C19H38N4O2/c1-4-20-18(21-13-17-7-5-6-16(2)12-17)22-14-19(3,24)15-23-8-10-25-11-9-23/h16-17,24H,4-15H2,1-3H3,(H2,20,21,22). The van der Waals surface area contributed by atoms with E-state index in [0.29, 0.717) is 13.1 Å². The lowest BCUT2D eigenvalue weighted by Crippen LogP contribution is -2.48. The van der Waals surface area contributed by atoms with Crippen LogP contribution in [0.2, 0.25) is 0 Å². The van der Waals surface area contributed by atoms with Gasteiger partial charge in [-0.05, 0) is 38.5 Å². The number of ether oxygens (including phenoxy) is 1. The summed E-state index contributed by atoms with van der Waals surface area (Å²) in [5.74, 6) is 2.40. The van der Waals surface area contributed by atoms with Gasteiger partial charge in [-0.25, -0.2) is 0 Å². The highest BCUT2D eigenvalue weighted by atomic mass is 16.5.